The van der Waals surface area contributed by atoms with Gasteiger partial charge in [-0.25, -0.2) is 4.79 Å². The molecule has 1 rings (SSSR count). The SMILES string of the molecule is COC(=O)c1cc([N+](=O)[O-])ccc1C(C)C. The summed E-state index contributed by atoms with van der Waals surface area (Å²) in [6.07, 6.45) is 0. The Bertz CT molecular complexity index is 426. The summed E-state index contributed by atoms with van der Waals surface area (Å²) in [5.41, 5.74) is 0.897. The highest BCUT2D eigenvalue weighted by molar-refractivity contribution is 5.92. The second-order valence-corrected chi connectivity index (χ2v) is 3.67. The number of rotatable bonds is 3. The number of hydrogen-bond acceptors (Lipinski definition) is 4. The molecule has 86 valence electrons. The van der Waals surface area contributed by atoms with Crippen molar-refractivity contribution < 1.29 is 14.5 Å². The van der Waals surface area contributed by atoms with Crippen LogP contribution in [0.2, 0.25) is 0 Å². The van der Waals surface area contributed by atoms with E-state index in [4.69, 9.17) is 0 Å². The van der Waals surface area contributed by atoms with Crippen LogP contribution in [-0.2, 0) is 4.74 Å². The lowest BCUT2D eigenvalue weighted by Gasteiger charge is -2.10. The minimum atomic E-state index is -0.549. The van der Waals surface area contributed by atoms with Gasteiger partial charge in [0.05, 0.1) is 17.6 Å². The molecule has 0 aliphatic heterocycles. The normalized spacial score (nSPS) is 10.2. The average molecular weight is 223 g/mol. The van der Waals surface area contributed by atoms with Crippen LogP contribution in [0.4, 0.5) is 5.69 Å². The fraction of sp³-hybridized carbons (Fsp3) is 0.364. The van der Waals surface area contributed by atoms with E-state index >= 15 is 0 Å². The molecule has 0 bridgehead atoms. The van der Waals surface area contributed by atoms with Crippen molar-refractivity contribution in [3.63, 3.8) is 0 Å². The molecule has 0 atom stereocenters. The zero-order valence-corrected chi connectivity index (χ0v) is 9.39. The quantitative estimate of drug-likeness (QED) is 0.448. The summed E-state index contributed by atoms with van der Waals surface area (Å²) in [7, 11) is 1.26. The van der Waals surface area contributed by atoms with Gasteiger partial charge in [0.1, 0.15) is 0 Å². The number of nitro groups is 1. The van der Waals surface area contributed by atoms with Gasteiger partial charge in [0.2, 0.25) is 0 Å². The molecule has 0 amide bonds. The molecule has 0 unspecified atom stereocenters. The molecule has 0 heterocycles. The molecule has 0 N–H and O–H groups in total. The number of carbonyl (C=O) groups excluding carboxylic acids is 1. The van der Waals surface area contributed by atoms with Crippen LogP contribution in [0.15, 0.2) is 18.2 Å². The summed E-state index contributed by atoms with van der Waals surface area (Å²) < 4.78 is 4.60. The first-order chi connectivity index (χ1) is 7.47. The van der Waals surface area contributed by atoms with Crippen LogP contribution in [0.1, 0.15) is 35.7 Å². The van der Waals surface area contributed by atoms with E-state index in [1.807, 2.05) is 13.8 Å². The topological polar surface area (TPSA) is 69.4 Å². The maximum absolute atomic E-state index is 11.5. The second kappa shape index (κ2) is 4.74. The van der Waals surface area contributed by atoms with Crippen LogP contribution in [-0.4, -0.2) is 18.0 Å². The minimum Gasteiger partial charge on any atom is -0.465 e. The van der Waals surface area contributed by atoms with E-state index < -0.39 is 10.9 Å². The number of esters is 1. The number of non-ortho nitro benzene ring substituents is 1. The third-order valence-corrected chi connectivity index (χ3v) is 2.28. The van der Waals surface area contributed by atoms with Crippen molar-refractivity contribution in [2.24, 2.45) is 0 Å². The maximum Gasteiger partial charge on any atom is 0.338 e. The van der Waals surface area contributed by atoms with Gasteiger partial charge in [-0.2, -0.15) is 0 Å². The summed E-state index contributed by atoms with van der Waals surface area (Å²) in [6, 6.07) is 4.23. The summed E-state index contributed by atoms with van der Waals surface area (Å²) in [5.74, 6) is -0.442. The van der Waals surface area contributed by atoms with E-state index in [0.717, 1.165) is 5.56 Å². The maximum atomic E-state index is 11.5. The largest absolute Gasteiger partial charge is 0.465 e. The summed E-state index contributed by atoms with van der Waals surface area (Å²) >= 11 is 0. The van der Waals surface area contributed by atoms with E-state index in [2.05, 4.69) is 4.74 Å². The number of methoxy groups -OCH3 is 1. The van der Waals surface area contributed by atoms with Crippen LogP contribution in [0.3, 0.4) is 0 Å². The number of benzene rings is 1. The zero-order valence-electron chi connectivity index (χ0n) is 9.39. The van der Waals surface area contributed by atoms with E-state index in [9.17, 15) is 14.9 Å². The average Bonchev–Trinajstić information content (AvgIpc) is 2.26. The zero-order chi connectivity index (χ0) is 12.3. The van der Waals surface area contributed by atoms with Crippen molar-refractivity contribution in [2.45, 2.75) is 19.8 Å². The van der Waals surface area contributed by atoms with E-state index in [1.165, 1.54) is 19.2 Å². The Morgan fingerprint density at radius 1 is 1.44 bits per heavy atom. The monoisotopic (exact) mass is 223 g/mol. The standard InChI is InChI=1S/C11H13NO4/c1-7(2)9-5-4-8(12(14)15)6-10(9)11(13)16-3/h4-7H,1-3H3. The Morgan fingerprint density at radius 2 is 2.06 bits per heavy atom. The second-order valence-electron chi connectivity index (χ2n) is 3.67. The van der Waals surface area contributed by atoms with Gasteiger partial charge in [0, 0.05) is 12.1 Å². The molecule has 0 fully saturated rings. The molecule has 0 saturated carbocycles. The predicted molar refractivity (Wildman–Crippen MR) is 58.5 cm³/mol. The van der Waals surface area contributed by atoms with Crippen molar-refractivity contribution in [2.75, 3.05) is 7.11 Å². The van der Waals surface area contributed by atoms with Gasteiger partial charge in [-0.1, -0.05) is 19.9 Å². The third kappa shape index (κ3) is 2.36. The molecule has 16 heavy (non-hydrogen) atoms. The number of ether oxygens (including phenoxy) is 1. The van der Waals surface area contributed by atoms with Gasteiger partial charge in [-0.15, -0.1) is 0 Å². The molecule has 0 radical (unpaired) electrons. The Balaban J connectivity index is 3.32. The number of hydrogen-bond donors (Lipinski definition) is 0. The fourth-order valence-electron chi connectivity index (χ4n) is 1.45. The van der Waals surface area contributed by atoms with Gasteiger partial charge in [0.25, 0.3) is 5.69 Å². The Kier molecular flexibility index (Phi) is 3.60. The van der Waals surface area contributed by atoms with Crippen molar-refractivity contribution in [3.05, 3.63) is 39.4 Å². The van der Waals surface area contributed by atoms with Crippen LogP contribution in [0.25, 0.3) is 0 Å². The molecule has 0 spiro atoms. The predicted octanol–water partition coefficient (Wildman–Crippen LogP) is 2.50. The first kappa shape index (κ1) is 12.2. The Morgan fingerprint density at radius 3 is 2.50 bits per heavy atom. The molecule has 1 aromatic carbocycles. The lowest BCUT2D eigenvalue weighted by Crippen LogP contribution is -2.07. The summed E-state index contributed by atoms with van der Waals surface area (Å²) in [5, 5.41) is 10.6. The molecular formula is C11H13NO4. The first-order valence-electron chi connectivity index (χ1n) is 4.84. The Hall–Kier alpha value is -1.91. The van der Waals surface area contributed by atoms with E-state index in [0.29, 0.717) is 0 Å². The minimum absolute atomic E-state index is 0.106. The lowest BCUT2D eigenvalue weighted by atomic mass is 9.97. The fourth-order valence-corrected chi connectivity index (χ4v) is 1.45. The lowest BCUT2D eigenvalue weighted by molar-refractivity contribution is -0.384. The van der Waals surface area contributed by atoms with Gasteiger partial charge in [-0.3, -0.25) is 10.1 Å². The molecule has 5 heteroatoms. The van der Waals surface area contributed by atoms with Crippen molar-refractivity contribution in [3.8, 4) is 0 Å². The molecule has 0 aliphatic carbocycles. The smallest absolute Gasteiger partial charge is 0.338 e. The molecule has 5 nitrogen and oxygen atoms in total. The van der Waals surface area contributed by atoms with Gasteiger partial charge < -0.3 is 4.74 Å². The van der Waals surface area contributed by atoms with Crippen molar-refractivity contribution >= 4 is 11.7 Å². The van der Waals surface area contributed by atoms with Crippen LogP contribution < -0.4 is 0 Å². The van der Waals surface area contributed by atoms with Gasteiger partial charge in [-0.05, 0) is 11.5 Å². The molecule has 1 aromatic rings. The summed E-state index contributed by atoms with van der Waals surface area (Å²) in [4.78, 5) is 21.5. The number of carbonyl (C=O) groups is 1. The first-order valence-corrected chi connectivity index (χ1v) is 4.84. The van der Waals surface area contributed by atoms with E-state index in [-0.39, 0.29) is 17.2 Å². The number of nitrogens with zero attached hydrogens (tertiary/aromatic N) is 1. The third-order valence-electron chi connectivity index (χ3n) is 2.28. The van der Waals surface area contributed by atoms with Gasteiger partial charge >= 0.3 is 5.97 Å². The van der Waals surface area contributed by atoms with Crippen LogP contribution in [0, 0.1) is 10.1 Å². The van der Waals surface area contributed by atoms with E-state index in [1.54, 1.807) is 6.07 Å². The van der Waals surface area contributed by atoms with Crippen molar-refractivity contribution in [1.82, 2.24) is 0 Å². The van der Waals surface area contributed by atoms with Gasteiger partial charge in [0.15, 0.2) is 0 Å². The molecule has 0 saturated heterocycles. The highest BCUT2D eigenvalue weighted by atomic mass is 16.6. The van der Waals surface area contributed by atoms with Crippen LogP contribution in [0.5, 0.6) is 0 Å². The Labute approximate surface area is 93.2 Å². The highest BCUT2D eigenvalue weighted by Gasteiger charge is 2.18. The number of nitro benzene ring substituents is 1. The van der Waals surface area contributed by atoms with Crippen LogP contribution >= 0.6 is 0 Å². The highest BCUT2D eigenvalue weighted by Crippen LogP contribution is 2.24. The molecular weight excluding hydrogens is 210 g/mol. The molecule has 0 aliphatic rings. The summed E-state index contributed by atoms with van der Waals surface area (Å²) in [6.45, 7) is 3.82. The van der Waals surface area contributed by atoms with Crippen molar-refractivity contribution in [1.29, 1.82) is 0 Å². The molecule has 0 aromatic heterocycles.